The topological polar surface area (TPSA) is 149 Å². The van der Waals surface area contributed by atoms with Crippen molar-refractivity contribution in [3.63, 3.8) is 0 Å². The van der Waals surface area contributed by atoms with Crippen molar-refractivity contribution in [1.29, 1.82) is 0 Å². The fourth-order valence-electron chi connectivity index (χ4n) is 6.05. The molecule has 3 rings (SSSR count). The van der Waals surface area contributed by atoms with E-state index < -0.39 is 17.9 Å². The average molecular weight is 649 g/mol. The first-order chi connectivity index (χ1) is 21.7. The van der Waals surface area contributed by atoms with E-state index in [1.807, 2.05) is 39.0 Å². The summed E-state index contributed by atoms with van der Waals surface area (Å²) in [6, 6.07) is 8.29. The Morgan fingerprint density at radius 2 is 1.22 bits per heavy atom. The first kappa shape index (κ1) is 36.6. The summed E-state index contributed by atoms with van der Waals surface area (Å²) in [4.78, 5) is 42.1. The SMILES string of the molecule is O=C(O)CN1CCN(CCN(CC(=O)O)Cc2ccc(NC(=S)NC3CCCCCCCCC3)cc2)CCN(CC(=O)O)CC1. The molecule has 0 aromatic heterocycles. The number of rotatable bonds is 13. The van der Waals surface area contributed by atoms with E-state index in [-0.39, 0.29) is 19.6 Å². The second-order valence-electron chi connectivity index (χ2n) is 12.3. The largest absolute Gasteiger partial charge is 0.480 e. The zero-order valence-corrected chi connectivity index (χ0v) is 27.3. The van der Waals surface area contributed by atoms with Crippen LogP contribution < -0.4 is 10.6 Å². The lowest BCUT2D eigenvalue weighted by atomic mass is 9.97. The highest BCUT2D eigenvalue weighted by Crippen LogP contribution is 2.18. The number of thiocarbonyl (C=S) groups is 1. The van der Waals surface area contributed by atoms with Crippen molar-refractivity contribution in [3.8, 4) is 0 Å². The van der Waals surface area contributed by atoms with E-state index in [4.69, 9.17) is 12.2 Å². The molecule has 1 aromatic rings. The Kier molecular flexibility index (Phi) is 16.5. The van der Waals surface area contributed by atoms with E-state index in [0.717, 1.165) is 24.1 Å². The summed E-state index contributed by atoms with van der Waals surface area (Å²) in [5, 5.41) is 35.6. The highest BCUT2D eigenvalue weighted by atomic mass is 32.1. The first-order valence-corrected chi connectivity index (χ1v) is 16.8. The van der Waals surface area contributed by atoms with Crippen molar-refractivity contribution in [2.24, 2.45) is 0 Å². The predicted octanol–water partition coefficient (Wildman–Crippen LogP) is 2.84. The Bertz CT molecular complexity index is 1040. The fraction of sp³-hybridized carbons (Fsp3) is 0.688. The van der Waals surface area contributed by atoms with Gasteiger partial charge in [-0.3, -0.25) is 34.0 Å². The molecule has 1 saturated carbocycles. The maximum Gasteiger partial charge on any atom is 0.317 e. The monoisotopic (exact) mass is 648 g/mol. The predicted molar refractivity (Wildman–Crippen MR) is 179 cm³/mol. The Balaban J connectivity index is 1.53. The van der Waals surface area contributed by atoms with Gasteiger partial charge in [0.1, 0.15) is 0 Å². The van der Waals surface area contributed by atoms with Gasteiger partial charge in [0, 0.05) is 70.6 Å². The van der Waals surface area contributed by atoms with Crippen LogP contribution >= 0.6 is 12.2 Å². The van der Waals surface area contributed by atoms with Crippen LogP contribution in [0.15, 0.2) is 24.3 Å². The molecule has 12 nitrogen and oxygen atoms in total. The number of aliphatic carboxylic acids is 3. The molecule has 2 aliphatic rings. The van der Waals surface area contributed by atoms with Crippen molar-refractivity contribution >= 4 is 40.9 Å². The summed E-state index contributed by atoms with van der Waals surface area (Å²) < 4.78 is 0. The van der Waals surface area contributed by atoms with Gasteiger partial charge in [-0.15, -0.1) is 0 Å². The van der Waals surface area contributed by atoms with Crippen molar-refractivity contribution < 1.29 is 29.7 Å². The minimum Gasteiger partial charge on any atom is -0.480 e. The van der Waals surface area contributed by atoms with E-state index >= 15 is 0 Å². The molecule has 1 heterocycles. The van der Waals surface area contributed by atoms with Crippen LogP contribution in [0.3, 0.4) is 0 Å². The van der Waals surface area contributed by atoms with Gasteiger partial charge in [0.25, 0.3) is 0 Å². The summed E-state index contributed by atoms with van der Waals surface area (Å²) in [5.74, 6) is -2.74. The van der Waals surface area contributed by atoms with Gasteiger partial charge in [0.2, 0.25) is 0 Å². The number of carboxylic acids is 3. The van der Waals surface area contributed by atoms with Gasteiger partial charge in [-0.25, -0.2) is 0 Å². The molecule has 13 heteroatoms. The maximum atomic E-state index is 11.7. The highest BCUT2D eigenvalue weighted by molar-refractivity contribution is 7.80. The number of hydrogen-bond donors (Lipinski definition) is 5. The highest BCUT2D eigenvalue weighted by Gasteiger charge is 2.20. The van der Waals surface area contributed by atoms with E-state index in [1.165, 1.54) is 44.9 Å². The van der Waals surface area contributed by atoms with E-state index in [0.29, 0.717) is 70.1 Å². The average Bonchev–Trinajstić information content (AvgIpc) is 3.06. The molecule has 1 aliphatic carbocycles. The molecule has 0 bridgehead atoms. The van der Waals surface area contributed by atoms with E-state index in [9.17, 15) is 29.7 Å². The molecule has 1 aliphatic heterocycles. The van der Waals surface area contributed by atoms with Crippen molar-refractivity contribution in [2.75, 3.05) is 77.3 Å². The molecule has 0 unspecified atom stereocenters. The van der Waals surface area contributed by atoms with Crippen molar-refractivity contribution in [3.05, 3.63) is 29.8 Å². The molecule has 1 saturated heterocycles. The van der Waals surface area contributed by atoms with Crippen LogP contribution in [0, 0.1) is 0 Å². The molecule has 0 spiro atoms. The van der Waals surface area contributed by atoms with Crippen LogP contribution in [0.2, 0.25) is 0 Å². The zero-order chi connectivity index (χ0) is 32.4. The molecule has 0 radical (unpaired) electrons. The summed E-state index contributed by atoms with van der Waals surface area (Å²) in [6.45, 7) is 4.48. The van der Waals surface area contributed by atoms with Gasteiger partial charge in [-0.05, 0) is 42.8 Å². The normalized spacial score (nSPS) is 18.8. The Labute approximate surface area is 272 Å². The molecule has 0 amide bonds. The second kappa shape index (κ2) is 20.3. The Morgan fingerprint density at radius 1 is 0.733 bits per heavy atom. The van der Waals surface area contributed by atoms with Crippen LogP contribution in [0.25, 0.3) is 0 Å². The molecule has 45 heavy (non-hydrogen) atoms. The number of hydrogen-bond acceptors (Lipinski definition) is 8. The number of nitrogens with one attached hydrogen (secondary N) is 2. The van der Waals surface area contributed by atoms with Crippen molar-refractivity contribution in [1.82, 2.24) is 24.9 Å². The van der Waals surface area contributed by atoms with Crippen LogP contribution in [0.5, 0.6) is 0 Å². The van der Waals surface area contributed by atoms with Gasteiger partial charge in [0.15, 0.2) is 5.11 Å². The number of benzene rings is 1. The minimum atomic E-state index is -0.918. The third-order valence-corrected chi connectivity index (χ3v) is 8.78. The zero-order valence-electron chi connectivity index (χ0n) is 26.5. The molecular weight excluding hydrogens is 596 g/mol. The fourth-order valence-corrected chi connectivity index (χ4v) is 6.34. The van der Waals surface area contributed by atoms with Gasteiger partial charge < -0.3 is 26.0 Å². The molecule has 2 fully saturated rings. The minimum absolute atomic E-state index is 0.105. The van der Waals surface area contributed by atoms with Crippen LogP contribution in [-0.4, -0.2) is 136 Å². The third kappa shape index (κ3) is 15.8. The number of carboxylic acid groups (broad SMARTS) is 3. The second-order valence-corrected chi connectivity index (χ2v) is 12.7. The Hall–Kier alpha value is -2.84. The summed E-state index contributed by atoms with van der Waals surface area (Å²) >= 11 is 5.62. The maximum absolute atomic E-state index is 11.7. The smallest absolute Gasteiger partial charge is 0.317 e. The van der Waals surface area contributed by atoms with Crippen LogP contribution in [-0.2, 0) is 20.9 Å². The number of anilines is 1. The lowest BCUT2D eigenvalue weighted by Crippen LogP contribution is -2.42. The lowest BCUT2D eigenvalue weighted by Gasteiger charge is -2.28. The number of carbonyl (C=O) groups is 3. The molecular formula is C32H52N6O6S. The number of nitrogens with zero attached hydrogens (tertiary/aromatic N) is 4. The van der Waals surface area contributed by atoms with E-state index in [2.05, 4.69) is 15.5 Å². The summed E-state index contributed by atoms with van der Waals surface area (Å²) in [6.07, 6.45) is 11.3. The van der Waals surface area contributed by atoms with Crippen LogP contribution in [0.4, 0.5) is 5.69 Å². The standard InChI is InChI=1S/C32H52N6O6S/c39-29(40)23-36-17-14-35(15-18-37(20-19-36)24-30(41)42)16-21-38(25-31(43)44)22-26-10-12-28(13-11-26)34-32(45)33-27-8-6-4-2-1-3-5-7-9-27/h10-13,27H,1-9,14-25H2,(H,39,40)(H,41,42)(H,43,44)(H2,33,34,45). The summed E-state index contributed by atoms with van der Waals surface area (Å²) in [7, 11) is 0. The van der Waals surface area contributed by atoms with Gasteiger partial charge in [0.05, 0.1) is 19.6 Å². The Morgan fingerprint density at radius 3 is 1.71 bits per heavy atom. The summed E-state index contributed by atoms with van der Waals surface area (Å²) in [5.41, 5.74) is 1.87. The van der Waals surface area contributed by atoms with Crippen molar-refractivity contribution in [2.45, 2.75) is 70.4 Å². The molecule has 5 N–H and O–H groups in total. The third-order valence-electron chi connectivity index (χ3n) is 8.56. The van der Waals surface area contributed by atoms with Gasteiger partial charge >= 0.3 is 17.9 Å². The van der Waals surface area contributed by atoms with E-state index in [1.54, 1.807) is 0 Å². The molecule has 0 atom stereocenters. The van der Waals surface area contributed by atoms with Crippen LogP contribution in [0.1, 0.15) is 63.4 Å². The quantitative estimate of drug-likeness (QED) is 0.200. The lowest BCUT2D eigenvalue weighted by molar-refractivity contribution is -0.140. The van der Waals surface area contributed by atoms with Gasteiger partial charge in [-0.1, -0.05) is 57.1 Å². The molecule has 252 valence electrons. The van der Waals surface area contributed by atoms with Gasteiger partial charge in [-0.2, -0.15) is 0 Å². The molecule has 1 aromatic carbocycles. The first-order valence-electron chi connectivity index (χ1n) is 16.4.